The van der Waals surface area contributed by atoms with Gasteiger partial charge >= 0.3 is 0 Å². The van der Waals surface area contributed by atoms with Crippen LogP contribution in [0.5, 0.6) is 17.2 Å². The first kappa shape index (κ1) is 20.8. The Morgan fingerprint density at radius 2 is 1.77 bits per heavy atom. The van der Waals surface area contributed by atoms with Crippen LogP contribution in [0.25, 0.3) is 17.2 Å². The summed E-state index contributed by atoms with van der Waals surface area (Å²) in [7, 11) is 3.45. The second kappa shape index (κ2) is 9.13. The van der Waals surface area contributed by atoms with Gasteiger partial charge in [-0.2, -0.15) is 0 Å². The Hall–Kier alpha value is -3.47. The molecule has 0 radical (unpaired) electrons. The van der Waals surface area contributed by atoms with E-state index in [1.165, 1.54) is 0 Å². The second-order valence-corrected chi connectivity index (χ2v) is 7.60. The van der Waals surface area contributed by atoms with E-state index in [0.29, 0.717) is 19.6 Å². The van der Waals surface area contributed by atoms with Gasteiger partial charge in [-0.05, 0) is 54.3 Å². The summed E-state index contributed by atoms with van der Waals surface area (Å²) in [5.41, 5.74) is 4.81. The predicted octanol–water partition coefficient (Wildman–Crippen LogP) is 5.00. The number of hydrogen-bond acceptors (Lipinski definition) is 4. The quantitative estimate of drug-likeness (QED) is 0.518. The van der Waals surface area contributed by atoms with Gasteiger partial charge in [0, 0.05) is 29.9 Å². The Balaban J connectivity index is 1.69. The smallest absolute Gasteiger partial charge is 0.254 e. The van der Waals surface area contributed by atoms with Gasteiger partial charge in [0.25, 0.3) is 5.56 Å². The van der Waals surface area contributed by atoms with Crippen molar-refractivity contribution in [1.29, 1.82) is 0 Å². The molecule has 31 heavy (non-hydrogen) atoms. The lowest BCUT2D eigenvalue weighted by Gasteiger charge is -2.17. The van der Waals surface area contributed by atoms with Crippen molar-refractivity contribution in [2.24, 2.45) is 7.05 Å². The number of nitrogens with zero attached hydrogens (tertiary/aromatic N) is 1. The van der Waals surface area contributed by atoms with Crippen LogP contribution in [0.4, 0.5) is 0 Å². The number of allylic oxidation sites excluding steroid dienone is 1. The van der Waals surface area contributed by atoms with Gasteiger partial charge in [0.15, 0.2) is 0 Å². The number of aromatic nitrogens is 1. The number of benzene rings is 2. The minimum absolute atomic E-state index is 0.0479. The fourth-order valence-corrected chi connectivity index (χ4v) is 3.75. The third kappa shape index (κ3) is 4.36. The van der Waals surface area contributed by atoms with E-state index in [9.17, 15) is 4.79 Å². The zero-order valence-electron chi connectivity index (χ0n) is 18.2. The molecule has 0 fully saturated rings. The number of ether oxygens (including phenoxy) is 3. The molecular formula is C26H27NO4. The molecular weight excluding hydrogens is 390 g/mol. The van der Waals surface area contributed by atoms with E-state index < -0.39 is 0 Å². The van der Waals surface area contributed by atoms with Crippen LogP contribution in [0, 0.1) is 0 Å². The molecule has 0 N–H and O–H groups in total. The third-order valence-corrected chi connectivity index (χ3v) is 5.39. The van der Waals surface area contributed by atoms with Gasteiger partial charge in [0.2, 0.25) is 0 Å². The predicted molar refractivity (Wildman–Crippen MR) is 123 cm³/mol. The van der Waals surface area contributed by atoms with Crippen LogP contribution in [0.1, 0.15) is 30.0 Å². The van der Waals surface area contributed by atoms with Gasteiger partial charge in [0.1, 0.15) is 23.9 Å². The van der Waals surface area contributed by atoms with Crippen molar-refractivity contribution in [3.63, 3.8) is 0 Å². The van der Waals surface area contributed by atoms with Gasteiger partial charge in [-0.15, -0.1) is 0 Å². The molecule has 1 aromatic heterocycles. The standard InChI is InChI=1S/C26H27NO4/c1-4-14-30-25-13-12-20(31-17-18-8-10-19(29-3)11-9-18)15-23(25)24-16-27(2)26(28)22-7-5-6-21(22)24/h5-6,8-13,15-16H,4,7,14,17H2,1-3H3. The maximum atomic E-state index is 12.5. The average molecular weight is 418 g/mol. The molecule has 0 saturated heterocycles. The SMILES string of the molecule is CCCOc1ccc(OCc2ccc(OC)cc2)cc1-c1cn(C)c(=O)c2c1C=CC2. The molecule has 0 saturated carbocycles. The van der Waals surface area contributed by atoms with Crippen molar-refractivity contribution in [1.82, 2.24) is 4.57 Å². The van der Waals surface area contributed by atoms with Gasteiger partial charge in [-0.3, -0.25) is 4.79 Å². The molecule has 1 aliphatic rings. The maximum absolute atomic E-state index is 12.5. The van der Waals surface area contributed by atoms with Gasteiger partial charge in [-0.25, -0.2) is 0 Å². The third-order valence-electron chi connectivity index (χ3n) is 5.39. The minimum atomic E-state index is 0.0479. The van der Waals surface area contributed by atoms with Gasteiger partial charge in [0.05, 0.1) is 13.7 Å². The van der Waals surface area contributed by atoms with Crippen molar-refractivity contribution < 1.29 is 14.2 Å². The normalized spacial score (nSPS) is 12.0. The Morgan fingerprint density at radius 3 is 2.52 bits per heavy atom. The van der Waals surface area contributed by atoms with E-state index in [1.807, 2.05) is 60.8 Å². The van der Waals surface area contributed by atoms with E-state index in [-0.39, 0.29) is 5.56 Å². The highest BCUT2D eigenvalue weighted by atomic mass is 16.5. The van der Waals surface area contributed by atoms with E-state index >= 15 is 0 Å². The lowest BCUT2D eigenvalue weighted by Crippen LogP contribution is -2.21. The molecule has 0 spiro atoms. The maximum Gasteiger partial charge on any atom is 0.254 e. The summed E-state index contributed by atoms with van der Waals surface area (Å²) >= 11 is 0. The Bertz CT molecular complexity index is 1160. The highest BCUT2D eigenvalue weighted by Gasteiger charge is 2.19. The van der Waals surface area contributed by atoms with Crippen LogP contribution in [-0.2, 0) is 20.1 Å². The number of methoxy groups -OCH3 is 1. The van der Waals surface area contributed by atoms with E-state index in [0.717, 1.165) is 51.5 Å². The Labute approximate surface area is 182 Å². The first-order valence-corrected chi connectivity index (χ1v) is 10.5. The molecule has 1 aliphatic carbocycles. The highest BCUT2D eigenvalue weighted by molar-refractivity contribution is 5.82. The largest absolute Gasteiger partial charge is 0.497 e. The average Bonchev–Trinajstić information content (AvgIpc) is 3.29. The summed E-state index contributed by atoms with van der Waals surface area (Å²) < 4.78 is 19.0. The molecule has 4 rings (SSSR count). The van der Waals surface area contributed by atoms with Crippen LogP contribution in [0.15, 0.2) is 59.5 Å². The zero-order valence-corrected chi connectivity index (χ0v) is 18.2. The molecule has 160 valence electrons. The van der Waals surface area contributed by atoms with Crippen LogP contribution >= 0.6 is 0 Å². The summed E-state index contributed by atoms with van der Waals surface area (Å²) in [6.45, 7) is 3.16. The summed E-state index contributed by atoms with van der Waals surface area (Å²) in [6.07, 6.45) is 7.53. The zero-order chi connectivity index (χ0) is 21.8. The molecule has 0 bridgehead atoms. The topological polar surface area (TPSA) is 49.7 Å². The first-order valence-electron chi connectivity index (χ1n) is 10.5. The van der Waals surface area contributed by atoms with E-state index in [2.05, 4.69) is 6.92 Å². The van der Waals surface area contributed by atoms with E-state index in [1.54, 1.807) is 18.7 Å². The molecule has 5 nitrogen and oxygen atoms in total. The molecule has 5 heteroatoms. The van der Waals surface area contributed by atoms with Crippen LogP contribution in [-0.4, -0.2) is 18.3 Å². The molecule has 0 aliphatic heterocycles. The highest BCUT2D eigenvalue weighted by Crippen LogP contribution is 2.38. The summed E-state index contributed by atoms with van der Waals surface area (Å²) in [4.78, 5) is 12.5. The van der Waals surface area contributed by atoms with Crippen molar-refractivity contribution in [3.05, 3.63) is 81.8 Å². The van der Waals surface area contributed by atoms with Crippen molar-refractivity contribution in [3.8, 4) is 28.4 Å². The van der Waals surface area contributed by atoms with Crippen molar-refractivity contribution >= 4 is 6.08 Å². The van der Waals surface area contributed by atoms with Crippen LogP contribution < -0.4 is 19.8 Å². The molecule has 2 aromatic carbocycles. The number of rotatable bonds is 8. The second-order valence-electron chi connectivity index (χ2n) is 7.60. The number of pyridine rings is 1. The lowest BCUT2D eigenvalue weighted by atomic mass is 9.98. The summed E-state index contributed by atoms with van der Waals surface area (Å²) in [6, 6.07) is 13.7. The summed E-state index contributed by atoms with van der Waals surface area (Å²) in [5.74, 6) is 2.36. The summed E-state index contributed by atoms with van der Waals surface area (Å²) in [5, 5.41) is 0. The fraction of sp³-hybridized carbons (Fsp3) is 0.269. The van der Waals surface area contributed by atoms with E-state index in [4.69, 9.17) is 14.2 Å². The molecule has 0 atom stereocenters. The fourth-order valence-electron chi connectivity index (χ4n) is 3.75. The number of hydrogen-bond donors (Lipinski definition) is 0. The van der Waals surface area contributed by atoms with Crippen molar-refractivity contribution in [2.45, 2.75) is 26.4 Å². The number of fused-ring (bicyclic) bond motifs is 1. The van der Waals surface area contributed by atoms with Gasteiger partial charge in [-0.1, -0.05) is 31.2 Å². The number of aryl methyl sites for hydroxylation is 1. The van der Waals surface area contributed by atoms with Crippen LogP contribution in [0.3, 0.4) is 0 Å². The van der Waals surface area contributed by atoms with Crippen LogP contribution in [0.2, 0.25) is 0 Å². The Kier molecular flexibility index (Phi) is 6.12. The van der Waals surface area contributed by atoms with Crippen molar-refractivity contribution in [2.75, 3.05) is 13.7 Å². The molecule has 0 amide bonds. The lowest BCUT2D eigenvalue weighted by molar-refractivity contribution is 0.302. The molecule has 1 heterocycles. The molecule has 0 unspecified atom stereocenters. The monoisotopic (exact) mass is 417 g/mol. The minimum Gasteiger partial charge on any atom is -0.497 e. The van der Waals surface area contributed by atoms with Gasteiger partial charge < -0.3 is 18.8 Å². The Morgan fingerprint density at radius 1 is 1.00 bits per heavy atom. The molecule has 3 aromatic rings. The first-order chi connectivity index (χ1) is 15.1.